The molecule has 6 heteroatoms. The van der Waals surface area contributed by atoms with Crippen LogP contribution < -0.4 is 5.32 Å². The second-order valence-corrected chi connectivity index (χ2v) is 12.5. The summed E-state index contributed by atoms with van der Waals surface area (Å²) in [7, 11) is 0. The predicted octanol–water partition coefficient (Wildman–Crippen LogP) is 7.18. The molecule has 6 atom stereocenters. The summed E-state index contributed by atoms with van der Waals surface area (Å²) in [5, 5.41) is 2.93. The number of hydrogen-bond donors (Lipinski definition) is 1. The Hall–Kier alpha value is -2.11. The number of halogens is 3. The van der Waals surface area contributed by atoms with E-state index >= 15 is 0 Å². The van der Waals surface area contributed by atoms with E-state index in [1.165, 1.54) is 30.5 Å². The average molecular weight is 486 g/mol. The van der Waals surface area contributed by atoms with Gasteiger partial charge in [0, 0.05) is 18.0 Å². The van der Waals surface area contributed by atoms with E-state index in [1.54, 1.807) is 0 Å². The van der Waals surface area contributed by atoms with Crippen molar-refractivity contribution in [2.24, 2.45) is 39.9 Å². The van der Waals surface area contributed by atoms with Crippen LogP contribution in [0.2, 0.25) is 0 Å². The lowest BCUT2D eigenvalue weighted by molar-refractivity contribution is -0.137. The molecule has 0 radical (unpaired) electrons. The molecule has 5 aliphatic rings. The number of anilines is 1. The largest absolute Gasteiger partial charge is 0.416 e. The number of ketones is 1. The first-order chi connectivity index (χ1) is 16.5. The summed E-state index contributed by atoms with van der Waals surface area (Å²) in [5.41, 5.74) is 1.39. The molecule has 3 nitrogen and oxygen atoms in total. The number of nitrogens with one attached hydrogen (secondary N) is 1. The van der Waals surface area contributed by atoms with Crippen LogP contribution in [0.5, 0.6) is 0 Å². The Bertz CT molecular complexity index is 1100. The molecule has 0 aromatic heterocycles. The maximum atomic E-state index is 13.4. The summed E-state index contributed by atoms with van der Waals surface area (Å²) in [6.45, 7) is 4.70. The van der Waals surface area contributed by atoms with Crippen molar-refractivity contribution in [1.82, 2.24) is 0 Å². The number of allylic oxidation sites excluding steroid dienone is 1. The minimum Gasteiger partial charge on any atom is -0.326 e. The van der Waals surface area contributed by atoms with Crippen LogP contribution in [-0.2, 0) is 15.8 Å². The number of carbonyl (C=O) groups is 2. The van der Waals surface area contributed by atoms with Gasteiger partial charge in [0.2, 0.25) is 5.91 Å². The zero-order valence-electron chi connectivity index (χ0n) is 20.5. The Morgan fingerprint density at radius 2 is 1.69 bits per heavy atom. The number of benzene rings is 1. The van der Waals surface area contributed by atoms with Crippen LogP contribution in [0.15, 0.2) is 35.9 Å². The average Bonchev–Trinajstić information content (AvgIpc) is 3.47. The fourth-order valence-corrected chi connectivity index (χ4v) is 9.01. The Balaban J connectivity index is 1.23. The van der Waals surface area contributed by atoms with Crippen molar-refractivity contribution in [3.05, 3.63) is 41.5 Å². The third kappa shape index (κ3) is 3.45. The zero-order valence-corrected chi connectivity index (χ0v) is 20.5. The summed E-state index contributed by atoms with van der Waals surface area (Å²) in [4.78, 5) is 25.7. The van der Waals surface area contributed by atoms with Crippen LogP contribution in [0.25, 0.3) is 0 Å². The van der Waals surface area contributed by atoms with Gasteiger partial charge in [-0.3, -0.25) is 9.59 Å². The van der Waals surface area contributed by atoms with Crippen LogP contribution in [0.3, 0.4) is 0 Å². The molecular formula is C29H34F3NO2. The van der Waals surface area contributed by atoms with Crippen molar-refractivity contribution >= 4 is 17.4 Å². The van der Waals surface area contributed by atoms with E-state index in [0.29, 0.717) is 35.6 Å². The molecule has 1 aromatic rings. The standard InChI is InChI=1S/C29H34F3NO2/c1-26-12-10-22-20(16-28(13-14-28)24-15-19(34)9-11-27(22,24)2)21(26)7-8-23(26)25(35)33-18-5-3-17(4-6-18)29(30,31)32/h3-6,15,20-23H,7-14,16H2,1-2H3,(H,33,35)/t20-,21-,22-,23+,26-,27+/m0/s1. The van der Waals surface area contributed by atoms with E-state index in [9.17, 15) is 22.8 Å². The molecule has 0 unspecified atom stereocenters. The minimum atomic E-state index is -4.39. The highest BCUT2D eigenvalue weighted by Crippen LogP contribution is 2.74. The van der Waals surface area contributed by atoms with Gasteiger partial charge in [-0.25, -0.2) is 0 Å². The Labute approximate surface area is 204 Å². The SMILES string of the molecule is C[C@]12CC[C@H]3[C@@H](CC4(CC4)C4=CC(=O)CC[C@@]43C)[C@@H]1CC[C@@H]2C(=O)Nc1ccc(C(F)(F)F)cc1. The van der Waals surface area contributed by atoms with Crippen molar-refractivity contribution in [2.45, 2.75) is 77.8 Å². The molecule has 0 bridgehead atoms. The van der Waals surface area contributed by atoms with Crippen LogP contribution in [0, 0.1) is 39.9 Å². The molecule has 4 fully saturated rings. The van der Waals surface area contributed by atoms with Crippen LogP contribution in [-0.4, -0.2) is 11.7 Å². The van der Waals surface area contributed by atoms with Crippen LogP contribution >= 0.6 is 0 Å². The zero-order chi connectivity index (χ0) is 24.8. The van der Waals surface area contributed by atoms with Gasteiger partial charge in [-0.1, -0.05) is 19.4 Å². The highest BCUT2D eigenvalue weighted by molar-refractivity contribution is 5.93. The van der Waals surface area contributed by atoms with E-state index in [1.807, 2.05) is 6.08 Å². The van der Waals surface area contributed by atoms with Gasteiger partial charge < -0.3 is 5.32 Å². The number of rotatable bonds is 2. The first-order valence-corrected chi connectivity index (χ1v) is 13.2. The quantitative estimate of drug-likeness (QED) is 0.482. The van der Waals surface area contributed by atoms with E-state index in [-0.39, 0.29) is 28.1 Å². The van der Waals surface area contributed by atoms with Crippen LogP contribution in [0.4, 0.5) is 18.9 Å². The minimum absolute atomic E-state index is 0.0554. The molecule has 0 aliphatic heterocycles. The summed E-state index contributed by atoms with van der Waals surface area (Å²) < 4.78 is 38.7. The third-order valence-electron chi connectivity index (χ3n) is 10.9. The molecule has 1 amide bonds. The lowest BCUT2D eigenvalue weighted by Crippen LogP contribution is -2.53. The molecule has 0 saturated heterocycles. The second-order valence-electron chi connectivity index (χ2n) is 12.5. The van der Waals surface area contributed by atoms with Crippen molar-refractivity contribution < 1.29 is 22.8 Å². The summed E-state index contributed by atoms with van der Waals surface area (Å²) in [6, 6.07) is 4.75. The lowest BCUT2D eigenvalue weighted by atomic mass is 9.44. The first kappa shape index (κ1) is 23.3. The maximum absolute atomic E-state index is 13.4. The fourth-order valence-electron chi connectivity index (χ4n) is 9.01. The molecule has 1 spiro atoms. The number of amides is 1. The van der Waals surface area contributed by atoms with E-state index in [0.717, 1.165) is 50.7 Å². The van der Waals surface area contributed by atoms with Gasteiger partial charge in [0.05, 0.1) is 5.56 Å². The van der Waals surface area contributed by atoms with E-state index in [2.05, 4.69) is 19.2 Å². The molecular weight excluding hydrogens is 451 g/mol. The molecule has 4 saturated carbocycles. The number of alkyl halides is 3. The summed E-state index contributed by atoms with van der Waals surface area (Å²) in [6.07, 6.45) is 6.71. The topological polar surface area (TPSA) is 46.2 Å². The highest BCUT2D eigenvalue weighted by Gasteiger charge is 2.66. The smallest absolute Gasteiger partial charge is 0.326 e. The molecule has 0 heterocycles. The van der Waals surface area contributed by atoms with Crippen molar-refractivity contribution in [3.8, 4) is 0 Å². The van der Waals surface area contributed by atoms with Crippen molar-refractivity contribution in [3.63, 3.8) is 0 Å². The molecule has 6 rings (SSSR count). The van der Waals surface area contributed by atoms with Gasteiger partial charge in [-0.15, -0.1) is 0 Å². The fraction of sp³-hybridized carbons (Fsp3) is 0.655. The molecule has 188 valence electrons. The number of carbonyl (C=O) groups excluding carboxylic acids is 2. The van der Waals surface area contributed by atoms with Gasteiger partial charge in [0.25, 0.3) is 0 Å². The van der Waals surface area contributed by atoms with Crippen molar-refractivity contribution in [2.75, 3.05) is 5.32 Å². The van der Waals surface area contributed by atoms with Gasteiger partial charge in [-0.05, 0) is 116 Å². The normalized spacial score (nSPS) is 39.3. The summed E-state index contributed by atoms with van der Waals surface area (Å²) in [5.74, 6) is 1.75. The Morgan fingerprint density at radius 1 is 0.971 bits per heavy atom. The molecule has 5 aliphatic carbocycles. The number of hydrogen-bond acceptors (Lipinski definition) is 2. The van der Waals surface area contributed by atoms with Gasteiger partial charge in [-0.2, -0.15) is 13.2 Å². The van der Waals surface area contributed by atoms with Gasteiger partial charge >= 0.3 is 6.18 Å². The third-order valence-corrected chi connectivity index (χ3v) is 10.9. The molecule has 1 N–H and O–H groups in total. The molecule has 1 aromatic carbocycles. The first-order valence-electron chi connectivity index (χ1n) is 13.2. The maximum Gasteiger partial charge on any atom is 0.416 e. The Morgan fingerprint density at radius 3 is 2.34 bits per heavy atom. The molecule has 35 heavy (non-hydrogen) atoms. The lowest BCUT2D eigenvalue weighted by Gasteiger charge is -2.60. The Kier molecular flexibility index (Phi) is 4.96. The van der Waals surface area contributed by atoms with E-state index in [4.69, 9.17) is 0 Å². The van der Waals surface area contributed by atoms with Crippen molar-refractivity contribution in [1.29, 1.82) is 0 Å². The van der Waals surface area contributed by atoms with Gasteiger partial charge in [0.15, 0.2) is 5.78 Å². The van der Waals surface area contributed by atoms with Crippen LogP contribution in [0.1, 0.15) is 77.2 Å². The number of fused-ring (bicyclic) bond motifs is 6. The monoisotopic (exact) mass is 485 g/mol. The second kappa shape index (κ2) is 7.45. The predicted molar refractivity (Wildman–Crippen MR) is 127 cm³/mol. The van der Waals surface area contributed by atoms with E-state index < -0.39 is 11.7 Å². The van der Waals surface area contributed by atoms with Gasteiger partial charge in [0.1, 0.15) is 0 Å². The highest BCUT2D eigenvalue weighted by atomic mass is 19.4. The summed E-state index contributed by atoms with van der Waals surface area (Å²) >= 11 is 0.